The van der Waals surface area contributed by atoms with Crippen molar-refractivity contribution in [2.45, 2.75) is 104 Å². The van der Waals surface area contributed by atoms with Crippen molar-refractivity contribution in [3.05, 3.63) is 0 Å². The molecule has 0 aliphatic rings. The van der Waals surface area contributed by atoms with Gasteiger partial charge in [-0.3, -0.25) is 9.59 Å². The number of carbonyl (C=O) groups excluding carboxylic acids is 2. The predicted molar refractivity (Wildman–Crippen MR) is 102 cm³/mol. The SMILES string of the molecule is CCCCCCCCCCOC(=O)CCCC(=O)OCCC(C)CC. The van der Waals surface area contributed by atoms with E-state index in [1.807, 2.05) is 0 Å². The second kappa shape index (κ2) is 17.8. The normalized spacial score (nSPS) is 12.0. The van der Waals surface area contributed by atoms with Crippen molar-refractivity contribution in [3.8, 4) is 0 Å². The highest BCUT2D eigenvalue weighted by Crippen LogP contribution is 2.09. The van der Waals surface area contributed by atoms with Crippen LogP contribution in [0.2, 0.25) is 0 Å². The van der Waals surface area contributed by atoms with Gasteiger partial charge in [-0.1, -0.05) is 72.1 Å². The lowest BCUT2D eigenvalue weighted by molar-refractivity contribution is -0.145. The summed E-state index contributed by atoms with van der Waals surface area (Å²) in [5, 5.41) is 0. The van der Waals surface area contributed by atoms with Gasteiger partial charge >= 0.3 is 11.9 Å². The van der Waals surface area contributed by atoms with Gasteiger partial charge in [-0.15, -0.1) is 0 Å². The smallest absolute Gasteiger partial charge is 0.305 e. The highest BCUT2D eigenvalue weighted by Gasteiger charge is 2.08. The van der Waals surface area contributed by atoms with Gasteiger partial charge in [0.05, 0.1) is 13.2 Å². The third-order valence-electron chi connectivity index (χ3n) is 4.59. The lowest BCUT2D eigenvalue weighted by Crippen LogP contribution is -2.10. The molecule has 0 bridgehead atoms. The zero-order valence-electron chi connectivity index (χ0n) is 16.8. The molecule has 0 aromatic heterocycles. The van der Waals surface area contributed by atoms with Gasteiger partial charge in [0.25, 0.3) is 0 Å². The van der Waals surface area contributed by atoms with Gasteiger partial charge in [0.2, 0.25) is 0 Å². The molecule has 1 atom stereocenters. The molecule has 0 aromatic rings. The van der Waals surface area contributed by atoms with E-state index in [1.54, 1.807) is 0 Å². The minimum absolute atomic E-state index is 0.199. The van der Waals surface area contributed by atoms with Gasteiger partial charge in [-0.2, -0.15) is 0 Å². The quantitative estimate of drug-likeness (QED) is 0.243. The maximum absolute atomic E-state index is 11.6. The van der Waals surface area contributed by atoms with Crippen LogP contribution in [-0.4, -0.2) is 25.2 Å². The molecule has 25 heavy (non-hydrogen) atoms. The Hall–Kier alpha value is -1.06. The summed E-state index contributed by atoms with van der Waals surface area (Å²) < 4.78 is 10.4. The summed E-state index contributed by atoms with van der Waals surface area (Å²) in [4.78, 5) is 23.1. The van der Waals surface area contributed by atoms with Crippen LogP contribution in [0.1, 0.15) is 104 Å². The summed E-state index contributed by atoms with van der Waals surface area (Å²) in [6, 6.07) is 0. The fourth-order valence-electron chi connectivity index (χ4n) is 2.52. The summed E-state index contributed by atoms with van der Waals surface area (Å²) in [6.07, 6.45) is 13.0. The van der Waals surface area contributed by atoms with Crippen molar-refractivity contribution in [2.75, 3.05) is 13.2 Å². The molecule has 0 heterocycles. The number of carbonyl (C=O) groups is 2. The Morgan fingerprint density at radius 3 is 1.80 bits per heavy atom. The summed E-state index contributed by atoms with van der Waals surface area (Å²) in [5.74, 6) is 0.175. The third kappa shape index (κ3) is 17.6. The Balaban J connectivity index is 3.36. The highest BCUT2D eigenvalue weighted by molar-refractivity contribution is 5.72. The number of rotatable bonds is 17. The first-order valence-corrected chi connectivity index (χ1v) is 10.4. The van der Waals surface area contributed by atoms with Gasteiger partial charge in [0.1, 0.15) is 0 Å². The summed E-state index contributed by atoms with van der Waals surface area (Å²) >= 11 is 0. The Bertz CT molecular complexity index is 328. The Kier molecular flexibility index (Phi) is 17.0. The first-order chi connectivity index (χ1) is 12.1. The van der Waals surface area contributed by atoms with Crippen LogP contribution in [0.5, 0.6) is 0 Å². The van der Waals surface area contributed by atoms with Gasteiger partial charge < -0.3 is 9.47 Å². The lowest BCUT2D eigenvalue weighted by Gasteiger charge is -2.09. The Labute approximate surface area is 155 Å². The predicted octanol–water partition coefficient (Wildman–Crippen LogP) is 5.82. The maximum Gasteiger partial charge on any atom is 0.305 e. The second-order valence-electron chi connectivity index (χ2n) is 7.07. The number of unbranched alkanes of at least 4 members (excludes halogenated alkanes) is 7. The average Bonchev–Trinajstić information content (AvgIpc) is 2.60. The van der Waals surface area contributed by atoms with Crippen LogP contribution in [0.15, 0.2) is 0 Å². The van der Waals surface area contributed by atoms with E-state index in [1.165, 1.54) is 38.5 Å². The van der Waals surface area contributed by atoms with E-state index >= 15 is 0 Å². The molecular weight excluding hydrogens is 316 g/mol. The van der Waals surface area contributed by atoms with Gasteiger partial charge in [0, 0.05) is 12.8 Å². The summed E-state index contributed by atoms with van der Waals surface area (Å²) in [6.45, 7) is 7.50. The van der Waals surface area contributed by atoms with Crippen LogP contribution in [-0.2, 0) is 19.1 Å². The summed E-state index contributed by atoms with van der Waals surface area (Å²) in [7, 11) is 0. The summed E-state index contributed by atoms with van der Waals surface area (Å²) in [5.41, 5.74) is 0. The van der Waals surface area contributed by atoms with Gasteiger partial charge in [-0.25, -0.2) is 0 Å². The molecule has 0 N–H and O–H groups in total. The van der Waals surface area contributed by atoms with E-state index in [0.29, 0.717) is 38.4 Å². The molecule has 0 aliphatic heterocycles. The molecule has 0 fully saturated rings. The van der Waals surface area contributed by atoms with Gasteiger partial charge in [-0.05, 0) is 25.2 Å². The molecule has 4 heteroatoms. The molecule has 0 amide bonds. The van der Waals surface area contributed by atoms with Crippen LogP contribution in [0.4, 0.5) is 0 Å². The lowest BCUT2D eigenvalue weighted by atomic mass is 10.1. The van der Waals surface area contributed by atoms with Crippen LogP contribution in [0.3, 0.4) is 0 Å². The van der Waals surface area contributed by atoms with Crippen LogP contribution in [0, 0.1) is 5.92 Å². The highest BCUT2D eigenvalue weighted by atomic mass is 16.5. The van der Waals surface area contributed by atoms with E-state index in [2.05, 4.69) is 20.8 Å². The van der Waals surface area contributed by atoms with Crippen molar-refractivity contribution in [3.63, 3.8) is 0 Å². The average molecular weight is 357 g/mol. The van der Waals surface area contributed by atoms with E-state index in [-0.39, 0.29) is 11.9 Å². The molecule has 0 aromatic carbocycles. The second-order valence-corrected chi connectivity index (χ2v) is 7.07. The van der Waals surface area contributed by atoms with Crippen molar-refractivity contribution in [1.82, 2.24) is 0 Å². The number of hydrogen-bond acceptors (Lipinski definition) is 4. The van der Waals surface area contributed by atoms with Crippen LogP contribution < -0.4 is 0 Å². The monoisotopic (exact) mass is 356 g/mol. The molecule has 1 unspecified atom stereocenters. The third-order valence-corrected chi connectivity index (χ3v) is 4.59. The molecule has 0 spiro atoms. The zero-order valence-corrected chi connectivity index (χ0v) is 16.8. The fraction of sp³-hybridized carbons (Fsp3) is 0.905. The number of esters is 2. The fourth-order valence-corrected chi connectivity index (χ4v) is 2.52. The Morgan fingerprint density at radius 2 is 1.24 bits per heavy atom. The molecular formula is C21H40O4. The molecule has 0 saturated heterocycles. The van der Waals surface area contributed by atoms with Crippen molar-refractivity contribution < 1.29 is 19.1 Å². The zero-order chi connectivity index (χ0) is 18.8. The van der Waals surface area contributed by atoms with Crippen molar-refractivity contribution in [1.29, 1.82) is 0 Å². The topological polar surface area (TPSA) is 52.6 Å². The molecule has 148 valence electrons. The van der Waals surface area contributed by atoms with Crippen LogP contribution in [0.25, 0.3) is 0 Å². The molecule has 0 radical (unpaired) electrons. The van der Waals surface area contributed by atoms with E-state index in [4.69, 9.17) is 9.47 Å². The minimum atomic E-state index is -0.209. The maximum atomic E-state index is 11.6. The molecule has 0 saturated carbocycles. The van der Waals surface area contributed by atoms with Crippen molar-refractivity contribution >= 4 is 11.9 Å². The molecule has 0 aliphatic carbocycles. The number of hydrogen-bond donors (Lipinski definition) is 0. The van der Waals surface area contributed by atoms with Crippen molar-refractivity contribution in [2.24, 2.45) is 5.92 Å². The molecule has 4 nitrogen and oxygen atoms in total. The standard InChI is InChI=1S/C21H40O4/c1-4-6-7-8-9-10-11-12-17-24-20(22)14-13-15-21(23)25-18-16-19(3)5-2/h19H,4-18H2,1-3H3. The minimum Gasteiger partial charge on any atom is -0.466 e. The number of ether oxygens (including phenoxy) is 2. The van der Waals surface area contributed by atoms with E-state index < -0.39 is 0 Å². The van der Waals surface area contributed by atoms with E-state index in [9.17, 15) is 9.59 Å². The van der Waals surface area contributed by atoms with Gasteiger partial charge in [0.15, 0.2) is 0 Å². The first-order valence-electron chi connectivity index (χ1n) is 10.4. The van der Waals surface area contributed by atoms with Crippen LogP contribution >= 0.6 is 0 Å². The largest absolute Gasteiger partial charge is 0.466 e. The Morgan fingerprint density at radius 1 is 0.720 bits per heavy atom. The van der Waals surface area contributed by atoms with E-state index in [0.717, 1.165) is 25.7 Å². The molecule has 0 rings (SSSR count). The first kappa shape index (κ1) is 23.9.